The van der Waals surface area contributed by atoms with E-state index in [4.69, 9.17) is 0 Å². The summed E-state index contributed by atoms with van der Waals surface area (Å²) in [5, 5.41) is 21.2. The molecule has 3 N–H and O–H groups in total. The highest BCUT2D eigenvalue weighted by Crippen LogP contribution is 2.28. The van der Waals surface area contributed by atoms with Crippen LogP contribution in [0.5, 0.6) is 0 Å². The first kappa shape index (κ1) is 21.6. The van der Waals surface area contributed by atoms with Crippen molar-refractivity contribution in [2.45, 2.75) is 26.0 Å². The molecule has 8 heteroatoms. The molecule has 150 valence electrons. The number of amides is 1. The number of carbonyl (C=O) groups is 2. The summed E-state index contributed by atoms with van der Waals surface area (Å²) in [6.45, 7) is 1.68. The molecule has 0 saturated carbocycles. The topological polar surface area (TPSA) is 121 Å². The maximum Gasteiger partial charge on any atom is 0.326 e. The maximum atomic E-state index is 12.8. The first-order chi connectivity index (χ1) is 13.1. The lowest BCUT2D eigenvalue weighted by molar-refractivity contribution is -0.139. The summed E-state index contributed by atoms with van der Waals surface area (Å²) in [5.74, 6) is -2.27. The predicted octanol–water partition coefficient (Wildman–Crippen LogP) is 1.77. The molecule has 0 heterocycles. The van der Waals surface area contributed by atoms with E-state index in [1.54, 1.807) is 12.1 Å². The number of aryl methyl sites for hydroxylation is 1. The minimum absolute atomic E-state index is 0.201. The summed E-state index contributed by atoms with van der Waals surface area (Å²) < 4.78 is 22.7. The van der Waals surface area contributed by atoms with Gasteiger partial charge in [-0.05, 0) is 47.7 Å². The lowest BCUT2D eigenvalue weighted by Gasteiger charge is -2.17. The Kier molecular flexibility index (Phi) is 6.93. The van der Waals surface area contributed by atoms with Crippen molar-refractivity contribution in [3.05, 3.63) is 59.2 Å². The quantitative estimate of drug-likeness (QED) is 0.616. The van der Waals surface area contributed by atoms with Crippen molar-refractivity contribution in [3.8, 4) is 11.1 Å². The van der Waals surface area contributed by atoms with Gasteiger partial charge in [0.05, 0.1) is 12.4 Å². The molecule has 1 atom stereocenters. The van der Waals surface area contributed by atoms with Gasteiger partial charge in [-0.2, -0.15) is 0 Å². The number of hydrogen-bond acceptors (Lipinski definition) is 5. The molecule has 28 heavy (non-hydrogen) atoms. The Morgan fingerprint density at radius 3 is 2.36 bits per heavy atom. The molecule has 0 aliphatic heterocycles. The van der Waals surface area contributed by atoms with Gasteiger partial charge in [-0.1, -0.05) is 30.3 Å². The highest BCUT2D eigenvalue weighted by molar-refractivity contribution is 7.90. The summed E-state index contributed by atoms with van der Waals surface area (Å²) >= 11 is 0. The van der Waals surface area contributed by atoms with Gasteiger partial charge in [0.1, 0.15) is 15.9 Å². The number of aliphatic hydroxyl groups is 1. The van der Waals surface area contributed by atoms with E-state index in [0.29, 0.717) is 11.1 Å². The van der Waals surface area contributed by atoms with Crippen LogP contribution in [0.2, 0.25) is 0 Å². The third-order valence-electron chi connectivity index (χ3n) is 4.33. The summed E-state index contributed by atoms with van der Waals surface area (Å²) in [5.41, 5.74) is 3.12. The molecular weight excluding hydrogens is 382 g/mol. The molecule has 0 saturated heterocycles. The average molecular weight is 405 g/mol. The fourth-order valence-corrected chi connectivity index (χ4v) is 3.47. The molecule has 0 radical (unpaired) electrons. The largest absolute Gasteiger partial charge is 0.480 e. The molecule has 0 aromatic heterocycles. The average Bonchev–Trinajstić information content (AvgIpc) is 2.63. The van der Waals surface area contributed by atoms with E-state index in [1.807, 2.05) is 31.2 Å². The molecule has 2 aromatic rings. The Morgan fingerprint density at radius 2 is 1.79 bits per heavy atom. The Morgan fingerprint density at radius 1 is 1.11 bits per heavy atom. The number of rotatable bonds is 8. The van der Waals surface area contributed by atoms with Gasteiger partial charge >= 0.3 is 5.97 Å². The second kappa shape index (κ2) is 8.99. The van der Waals surface area contributed by atoms with Crippen molar-refractivity contribution in [2.75, 3.05) is 12.0 Å². The number of sulfone groups is 1. The van der Waals surface area contributed by atoms with E-state index in [2.05, 4.69) is 5.32 Å². The van der Waals surface area contributed by atoms with Crippen molar-refractivity contribution in [1.82, 2.24) is 5.32 Å². The standard InChI is InChI=1S/C20H23NO6S/c1-13-5-3-4-6-15(13)17-11-14(12-22)7-8-16(17)19(23)21-18(20(24)25)9-10-28(2,26)27/h3-8,11,18,22H,9-10,12H2,1-2H3,(H,21,23)(H,24,25). The Balaban J connectivity index is 2.39. The van der Waals surface area contributed by atoms with Crippen molar-refractivity contribution >= 4 is 21.7 Å². The zero-order valence-corrected chi connectivity index (χ0v) is 16.5. The van der Waals surface area contributed by atoms with Gasteiger partial charge in [0.2, 0.25) is 0 Å². The number of nitrogens with one attached hydrogen (secondary N) is 1. The van der Waals surface area contributed by atoms with E-state index in [1.165, 1.54) is 6.07 Å². The van der Waals surface area contributed by atoms with Crippen LogP contribution in [0, 0.1) is 6.92 Å². The van der Waals surface area contributed by atoms with Gasteiger partial charge in [0, 0.05) is 11.8 Å². The SMILES string of the molecule is Cc1ccccc1-c1cc(CO)ccc1C(=O)NC(CCS(C)(=O)=O)C(=O)O. The fourth-order valence-electron chi connectivity index (χ4n) is 2.81. The van der Waals surface area contributed by atoms with Crippen LogP contribution >= 0.6 is 0 Å². The molecule has 0 spiro atoms. The number of carboxylic acids is 1. The highest BCUT2D eigenvalue weighted by atomic mass is 32.2. The normalized spacial score (nSPS) is 12.4. The van der Waals surface area contributed by atoms with Gasteiger partial charge in [-0.25, -0.2) is 13.2 Å². The van der Waals surface area contributed by atoms with Crippen molar-refractivity contribution in [2.24, 2.45) is 0 Å². The summed E-state index contributed by atoms with van der Waals surface area (Å²) in [4.78, 5) is 24.3. The van der Waals surface area contributed by atoms with Gasteiger partial charge in [-0.3, -0.25) is 4.79 Å². The maximum absolute atomic E-state index is 12.8. The molecule has 0 aliphatic carbocycles. The van der Waals surface area contributed by atoms with Crippen LogP contribution in [0.15, 0.2) is 42.5 Å². The van der Waals surface area contributed by atoms with Crippen LogP contribution in [-0.4, -0.2) is 48.6 Å². The number of hydrogen-bond donors (Lipinski definition) is 3. The second-order valence-corrected chi connectivity index (χ2v) is 8.90. The lowest BCUT2D eigenvalue weighted by Crippen LogP contribution is -2.42. The second-order valence-electron chi connectivity index (χ2n) is 6.64. The predicted molar refractivity (Wildman–Crippen MR) is 106 cm³/mol. The molecular formula is C20H23NO6S. The number of carbonyl (C=O) groups excluding carboxylic acids is 1. The number of aliphatic carboxylic acids is 1. The van der Waals surface area contributed by atoms with E-state index < -0.39 is 27.8 Å². The molecule has 7 nitrogen and oxygen atoms in total. The van der Waals surface area contributed by atoms with Gasteiger partial charge in [0.25, 0.3) is 5.91 Å². The van der Waals surface area contributed by atoms with Crippen LogP contribution in [0.1, 0.15) is 27.9 Å². The van der Waals surface area contributed by atoms with E-state index in [0.717, 1.165) is 17.4 Å². The summed E-state index contributed by atoms with van der Waals surface area (Å²) in [7, 11) is -3.36. The van der Waals surface area contributed by atoms with Crippen LogP contribution in [-0.2, 0) is 21.2 Å². The summed E-state index contributed by atoms with van der Waals surface area (Å²) in [6, 6.07) is 10.9. The third kappa shape index (κ3) is 5.64. The third-order valence-corrected chi connectivity index (χ3v) is 5.30. The van der Waals surface area contributed by atoms with Gasteiger partial charge < -0.3 is 15.5 Å². The van der Waals surface area contributed by atoms with Crippen molar-refractivity contribution in [1.29, 1.82) is 0 Å². The zero-order chi connectivity index (χ0) is 20.9. The molecule has 0 bridgehead atoms. The van der Waals surface area contributed by atoms with Gasteiger partial charge in [-0.15, -0.1) is 0 Å². The van der Waals surface area contributed by atoms with Gasteiger partial charge in [0.15, 0.2) is 0 Å². The van der Waals surface area contributed by atoms with E-state index in [9.17, 15) is 28.2 Å². The van der Waals surface area contributed by atoms with Crippen molar-refractivity contribution in [3.63, 3.8) is 0 Å². The Hall–Kier alpha value is -2.71. The molecule has 1 amide bonds. The highest BCUT2D eigenvalue weighted by Gasteiger charge is 2.24. The first-order valence-corrected chi connectivity index (χ1v) is 10.7. The smallest absolute Gasteiger partial charge is 0.326 e. The Bertz CT molecular complexity index is 984. The number of carboxylic acid groups (broad SMARTS) is 1. The molecule has 2 rings (SSSR count). The monoisotopic (exact) mass is 405 g/mol. The minimum atomic E-state index is -3.36. The fraction of sp³-hybridized carbons (Fsp3) is 0.300. The molecule has 0 fully saturated rings. The van der Waals surface area contributed by atoms with Crippen LogP contribution in [0.25, 0.3) is 11.1 Å². The van der Waals surface area contributed by atoms with Crippen molar-refractivity contribution < 1.29 is 28.2 Å². The Labute approximate surface area is 163 Å². The lowest BCUT2D eigenvalue weighted by atomic mass is 9.93. The van der Waals surface area contributed by atoms with E-state index >= 15 is 0 Å². The van der Waals surface area contributed by atoms with Crippen LogP contribution < -0.4 is 5.32 Å². The van der Waals surface area contributed by atoms with Crippen LogP contribution in [0.4, 0.5) is 0 Å². The molecule has 0 aliphatic rings. The number of aliphatic hydroxyl groups excluding tert-OH is 1. The number of benzene rings is 2. The van der Waals surface area contributed by atoms with Crippen LogP contribution in [0.3, 0.4) is 0 Å². The minimum Gasteiger partial charge on any atom is -0.480 e. The summed E-state index contributed by atoms with van der Waals surface area (Å²) in [6.07, 6.45) is 0.784. The van der Waals surface area contributed by atoms with E-state index in [-0.39, 0.29) is 24.3 Å². The molecule has 2 aromatic carbocycles. The molecule has 1 unspecified atom stereocenters. The zero-order valence-electron chi connectivity index (χ0n) is 15.7. The first-order valence-electron chi connectivity index (χ1n) is 8.63.